The quantitative estimate of drug-likeness (QED) is 0.764. The molecule has 18 heavy (non-hydrogen) atoms. The van der Waals surface area contributed by atoms with E-state index in [1.165, 1.54) is 19.2 Å². The summed E-state index contributed by atoms with van der Waals surface area (Å²) < 4.78 is 23.2. The molecule has 0 radical (unpaired) electrons. The highest BCUT2D eigenvalue weighted by atomic mass is 19.1. The van der Waals surface area contributed by atoms with Crippen LogP contribution in [0.4, 0.5) is 4.39 Å². The summed E-state index contributed by atoms with van der Waals surface area (Å²) in [4.78, 5) is 11.5. The number of esters is 1. The molecule has 0 N–H and O–H groups in total. The standard InChI is InChI=1S/C14H13FO3/c1-8-6-10(15)4-5-11(8)13-7-12(9(2)18-13)14(16)17-3/h4-7H,1-3H3. The zero-order valence-corrected chi connectivity index (χ0v) is 10.4. The van der Waals surface area contributed by atoms with E-state index in [2.05, 4.69) is 4.74 Å². The van der Waals surface area contributed by atoms with Crippen LogP contribution in [0.15, 0.2) is 28.7 Å². The molecule has 0 saturated heterocycles. The Bertz CT molecular complexity index is 599. The molecule has 0 saturated carbocycles. The summed E-state index contributed by atoms with van der Waals surface area (Å²) in [6, 6.07) is 6.02. The van der Waals surface area contributed by atoms with E-state index < -0.39 is 5.97 Å². The number of benzene rings is 1. The lowest BCUT2D eigenvalue weighted by Gasteiger charge is -2.01. The van der Waals surface area contributed by atoms with E-state index in [1.807, 2.05) is 0 Å². The Morgan fingerprint density at radius 1 is 1.28 bits per heavy atom. The summed E-state index contributed by atoms with van der Waals surface area (Å²) in [7, 11) is 1.32. The SMILES string of the molecule is COC(=O)c1cc(-c2ccc(F)cc2C)oc1C. The van der Waals surface area contributed by atoms with Crippen LogP contribution >= 0.6 is 0 Å². The molecule has 0 aliphatic carbocycles. The maximum atomic E-state index is 13.0. The number of methoxy groups -OCH3 is 1. The van der Waals surface area contributed by atoms with Gasteiger partial charge in [0.25, 0.3) is 0 Å². The molecule has 1 aromatic carbocycles. The third-order valence-corrected chi connectivity index (χ3v) is 2.78. The molecular formula is C14H13FO3. The van der Waals surface area contributed by atoms with E-state index in [-0.39, 0.29) is 5.82 Å². The summed E-state index contributed by atoms with van der Waals surface area (Å²) >= 11 is 0. The molecule has 4 heteroatoms. The number of furan rings is 1. The lowest BCUT2D eigenvalue weighted by molar-refractivity contribution is 0.0599. The van der Waals surface area contributed by atoms with Crippen molar-refractivity contribution in [3.05, 3.63) is 47.0 Å². The summed E-state index contributed by atoms with van der Waals surface area (Å²) in [5.41, 5.74) is 1.89. The van der Waals surface area contributed by atoms with Gasteiger partial charge in [0, 0.05) is 5.56 Å². The monoisotopic (exact) mass is 248 g/mol. The fourth-order valence-electron chi connectivity index (χ4n) is 1.83. The largest absolute Gasteiger partial charge is 0.465 e. The molecule has 2 aromatic rings. The second-order valence-electron chi connectivity index (χ2n) is 4.03. The smallest absolute Gasteiger partial charge is 0.341 e. The summed E-state index contributed by atoms with van der Waals surface area (Å²) in [5.74, 6) is 0.279. The highest BCUT2D eigenvalue weighted by molar-refractivity contribution is 5.91. The average molecular weight is 248 g/mol. The Morgan fingerprint density at radius 3 is 2.61 bits per heavy atom. The molecule has 1 aromatic heterocycles. The third kappa shape index (κ3) is 2.14. The van der Waals surface area contributed by atoms with Crippen LogP contribution in [-0.2, 0) is 4.74 Å². The van der Waals surface area contributed by atoms with Gasteiger partial charge in [0.2, 0.25) is 0 Å². The average Bonchev–Trinajstić information content (AvgIpc) is 2.70. The number of hydrogen-bond acceptors (Lipinski definition) is 3. The molecule has 0 amide bonds. The predicted molar refractivity (Wildman–Crippen MR) is 64.9 cm³/mol. The topological polar surface area (TPSA) is 39.4 Å². The molecule has 3 nitrogen and oxygen atoms in total. The normalized spacial score (nSPS) is 10.4. The second kappa shape index (κ2) is 4.64. The van der Waals surface area contributed by atoms with Gasteiger partial charge in [0.1, 0.15) is 22.9 Å². The zero-order chi connectivity index (χ0) is 13.3. The number of rotatable bonds is 2. The number of aryl methyl sites for hydroxylation is 2. The Hall–Kier alpha value is -2.10. The van der Waals surface area contributed by atoms with Crippen molar-refractivity contribution in [3.63, 3.8) is 0 Å². The Labute approximate surface area is 104 Å². The molecule has 1 heterocycles. The minimum Gasteiger partial charge on any atom is -0.465 e. The summed E-state index contributed by atoms with van der Waals surface area (Å²) in [5, 5.41) is 0. The number of carbonyl (C=O) groups excluding carboxylic acids is 1. The predicted octanol–water partition coefficient (Wildman–Crippen LogP) is 3.49. The van der Waals surface area contributed by atoms with E-state index in [9.17, 15) is 9.18 Å². The Balaban J connectivity index is 2.49. The first kappa shape index (κ1) is 12.4. The molecule has 0 aliphatic rings. The molecular weight excluding hydrogens is 235 g/mol. The first-order valence-corrected chi connectivity index (χ1v) is 5.48. The van der Waals surface area contributed by atoms with Crippen molar-refractivity contribution in [2.75, 3.05) is 7.11 Å². The van der Waals surface area contributed by atoms with Gasteiger partial charge in [-0.3, -0.25) is 0 Å². The van der Waals surface area contributed by atoms with Crippen molar-refractivity contribution in [1.82, 2.24) is 0 Å². The van der Waals surface area contributed by atoms with Gasteiger partial charge in [-0.2, -0.15) is 0 Å². The number of ether oxygens (including phenoxy) is 1. The van der Waals surface area contributed by atoms with Gasteiger partial charge in [0.15, 0.2) is 0 Å². The lowest BCUT2D eigenvalue weighted by Crippen LogP contribution is -2.00. The molecule has 94 valence electrons. The van der Waals surface area contributed by atoms with E-state index >= 15 is 0 Å². The van der Waals surface area contributed by atoms with Gasteiger partial charge in [-0.25, -0.2) is 9.18 Å². The Morgan fingerprint density at radius 2 is 2.00 bits per heavy atom. The van der Waals surface area contributed by atoms with E-state index in [0.717, 1.165) is 11.1 Å². The van der Waals surface area contributed by atoms with E-state index in [4.69, 9.17) is 4.42 Å². The lowest BCUT2D eigenvalue weighted by atomic mass is 10.1. The first-order valence-electron chi connectivity index (χ1n) is 5.48. The zero-order valence-electron chi connectivity index (χ0n) is 10.4. The van der Waals surface area contributed by atoms with Crippen LogP contribution in [-0.4, -0.2) is 13.1 Å². The van der Waals surface area contributed by atoms with Crippen LogP contribution in [0.3, 0.4) is 0 Å². The highest BCUT2D eigenvalue weighted by Gasteiger charge is 2.17. The number of hydrogen-bond donors (Lipinski definition) is 0. The van der Waals surface area contributed by atoms with Crippen molar-refractivity contribution >= 4 is 5.97 Å². The van der Waals surface area contributed by atoms with E-state index in [1.54, 1.807) is 26.0 Å². The maximum Gasteiger partial charge on any atom is 0.341 e. The second-order valence-corrected chi connectivity index (χ2v) is 4.03. The van der Waals surface area contributed by atoms with Gasteiger partial charge < -0.3 is 9.15 Å². The van der Waals surface area contributed by atoms with Crippen LogP contribution in [0.2, 0.25) is 0 Å². The minimum absolute atomic E-state index is 0.298. The van der Waals surface area contributed by atoms with Crippen molar-refractivity contribution in [3.8, 4) is 11.3 Å². The maximum absolute atomic E-state index is 13.0. The highest BCUT2D eigenvalue weighted by Crippen LogP contribution is 2.28. The van der Waals surface area contributed by atoms with Gasteiger partial charge in [-0.05, 0) is 43.7 Å². The van der Waals surface area contributed by atoms with Gasteiger partial charge in [-0.15, -0.1) is 0 Å². The molecule has 0 atom stereocenters. The van der Waals surface area contributed by atoms with Gasteiger partial charge >= 0.3 is 5.97 Å². The van der Waals surface area contributed by atoms with Crippen LogP contribution < -0.4 is 0 Å². The molecule has 2 rings (SSSR count). The molecule has 0 aliphatic heterocycles. The van der Waals surface area contributed by atoms with Crippen LogP contribution in [0.5, 0.6) is 0 Å². The minimum atomic E-state index is -0.442. The Kier molecular flexibility index (Phi) is 3.19. The van der Waals surface area contributed by atoms with Gasteiger partial charge in [0.05, 0.1) is 7.11 Å². The van der Waals surface area contributed by atoms with Gasteiger partial charge in [-0.1, -0.05) is 0 Å². The molecule has 0 bridgehead atoms. The molecule has 0 fully saturated rings. The molecule has 0 spiro atoms. The van der Waals surface area contributed by atoms with Crippen LogP contribution in [0, 0.1) is 19.7 Å². The fraction of sp³-hybridized carbons (Fsp3) is 0.214. The van der Waals surface area contributed by atoms with Crippen molar-refractivity contribution in [1.29, 1.82) is 0 Å². The summed E-state index contributed by atoms with van der Waals surface area (Å²) in [6.07, 6.45) is 0. The first-order chi connectivity index (χ1) is 8.52. The fourth-order valence-corrected chi connectivity index (χ4v) is 1.83. The number of halogens is 1. The van der Waals surface area contributed by atoms with Crippen LogP contribution in [0.1, 0.15) is 21.7 Å². The van der Waals surface area contributed by atoms with E-state index in [0.29, 0.717) is 17.1 Å². The third-order valence-electron chi connectivity index (χ3n) is 2.78. The summed E-state index contributed by atoms with van der Waals surface area (Å²) in [6.45, 7) is 3.47. The molecule has 0 unspecified atom stereocenters. The van der Waals surface area contributed by atoms with Crippen LogP contribution in [0.25, 0.3) is 11.3 Å². The van der Waals surface area contributed by atoms with Crippen molar-refractivity contribution in [2.24, 2.45) is 0 Å². The van der Waals surface area contributed by atoms with Crippen molar-refractivity contribution < 1.29 is 18.3 Å². The van der Waals surface area contributed by atoms with Crippen molar-refractivity contribution in [2.45, 2.75) is 13.8 Å². The number of carbonyl (C=O) groups is 1.